The van der Waals surface area contributed by atoms with E-state index in [1.165, 1.54) is 11.1 Å². The summed E-state index contributed by atoms with van der Waals surface area (Å²) in [6, 6.07) is 4.43. The highest BCUT2D eigenvalue weighted by molar-refractivity contribution is 6.00. The first-order valence-electron chi connectivity index (χ1n) is 5.80. The summed E-state index contributed by atoms with van der Waals surface area (Å²) in [7, 11) is 0. The molecule has 1 heterocycles. The largest absolute Gasteiger partial charge is 0.328 e. The lowest BCUT2D eigenvalue weighted by molar-refractivity contribution is -0.115. The minimum atomic E-state index is 0.0997. The molecule has 0 spiro atoms. The molecule has 3 N–H and O–H groups in total. The maximum absolute atomic E-state index is 11.4. The highest BCUT2D eigenvalue weighted by Crippen LogP contribution is 2.29. The van der Waals surface area contributed by atoms with E-state index in [4.69, 9.17) is 5.73 Å². The average molecular weight is 218 g/mol. The van der Waals surface area contributed by atoms with Gasteiger partial charge in [-0.3, -0.25) is 4.79 Å². The molecule has 86 valence electrons. The number of nitrogens with two attached hydrogens (primary N) is 1. The third-order valence-electron chi connectivity index (χ3n) is 2.92. The monoisotopic (exact) mass is 218 g/mol. The van der Waals surface area contributed by atoms with Crippen LogP contribution in [0.5, 0.6) is 0 Å². The van der Waals surface area contributed by atoms with Gasteiger partial charge < -0.3 is 11.1 Å². The molecule has 1 atom stereocenters. The van der Waals surface area contributed by atoms with Crippen molar-refractivity contribution in [3.63, 3.8) is 0 Å². The average Bonchev–Trinajstić information content (AvgIpc) is 2.56. The zero-order valence-corrected chi connectivity index (χ0v) is 9.84. The molecule has 1 aliphatic heterocycles. The second-order valence-corrected chi connectivity index (χ2v) is 4.55. The third kappa shape index (κ3) is 2.09. The number of fused-ring (bicyclic) bond motifs is 1. The van der Waals surface area contributed by atoms with E-state index in [1.54, 1.807) is 0 Å². The van der Waals surface area contributed by atoms with Crippen LogP contribution in [0.3, 0.4) is 0 Å². The van der Waals surface area contributed by atoms with Crippen LogP contribution in [0.25, 0.3) is 0 Å². The maximum atomic E-state index is 11.4. The fourth-order valence-corrected chi connectivity index (χ4v) is 2.26. The molecule has 0 radical (unpaired) electrons. The molecule has 1 aromatic rings. The van der Waals surface area contributed by atoms with Gasteiger partial charge in [-0.15, -0.1) is 0 Å². The van der Waals surface area contributed by atoms with Crippen molar-refractivity contribution < 1.29 is 4.79 Å². The second kappa shape index (κ2) is 4.26. The molecule has 1 unspecified atom stereocenters. The summed E-state index contributed by atoms with van der Waals surface area (Å²) in [5, 5.41) is 2.93. The van der Waals surface area contributed by atoms with Gasteiger partial charge in [0, 0.05) is 11.7 Å². The fourth-order valence-electron chi connectivity index (χ4n) is 2.26. The Bertz CT molecular complexity index is 424. The van der Waals surface area contributed by atoms with Crippen molar-refractivity contribution in [2.45, 2.75) is 39.2 Å². The van der Waals surface area contributed by atoms with Crippen LogP contribution in [0.1, 0.15) is 30.5 Å². The van der Waals surface area contributed by atoms with Gasteiger partial charge in [0.15, 0.2) is 0 Å². The molecule has 16 heavy (non-hydrogen) atoms. The van der Waals surface area contributed by atoms with E-state index < -0.39 is 0 Å². The molecule has 3 nitrogen and oxygen atoms in total. The van der Waals surface area contributed by atoms with E-state index in [1.807, 2.05) is 6.92 Å². The van der Waals surface area contributed by atoms with Crippen LogP contribution in [0.4, 0.5) is 5.69 Å². The van der Waals surface area contributed by atoms with Crippen molar-refractivity contribution >= 4 is 11.6 Å². The molecular weight excluding hydrogens is 200 g/mol. The standard InChI is InChI=1S/C13H18N2O/c1-3-10-5-9(4-8(2)14)6-11-7-12(16)15-13(10)11/h5-6,8H,3-4,7,14H2,1-2H3,(H,15,16). The summed E-state index contributed by atoms with van der Waals surface area (Å²) in [6.45, 7) is 4.11. The second-order valence-electron chi connectivity index (χ2n) is 4.55. The van der Waals surface area contributed by atoms with Gasteiger partial charge in [-0.05, 0) is 36.5 Å². The van der Waals surface area contributed by atoms with Crippen LogP contribution in [0, 0.1) is 0 Å². The molecule has 0 aromatic heterocycles. The number of hydrogen-bond acceptors (Lipinski definition) is 2. The van der Waals surface area contributed by atoms with Crippen molar-refractivity contribution in [3.8, 4) is 0 Å². The van der Waals surface area contributed by atoms with Crippen LogP contribution in [0.2, 0.25) is 0 Å². The van der Waals surface area contributed by atoms with Crippen molar-refractivity contribution in [3.05, 3.63) is 28.8 Å². The smallest absolute Gasteiger partial charge is 0.228 e. The van der Waals surface area contributed by atoms with Crippen molar-refractivity contribution in [1.29, 1.82) is 0 Å². The molecule has 2 rings (SSSR count). The Morgan fingerprint density at radius 2 is 2.25 bits per heavy atom. The molecule has 0 saturated heterocycles. The first kappa shape index (κ1) is 11.1. The predicted molar refractivity (Wildman–Crippen MR) is 65.5 cm³/mol. The fraction of sp³-hybridized carbons (Fsp3) is 0.462. The lowest BCUT2D eigenvalue weighted by Gasteiger charge is -2.11. The SMILES string of the molecule is CCc1cc(CC(C)N)cc2c1NC(=O)C2. The number of carbonyl (C=O) groups is 1. The van der Waals surface area contributed by atoms with Gasteiger partial charge in [-0.2, -0.15) is 0 Å². The Morgan fingerprint density at radius 1 is 1.50 bits per heavy atom. The predicted octanol–water partition coefficient (Wildman–Crippen LogP) is 1.63. The van der Waals surface area contributed by atoms with E-state index in [9.17, 15) is 4.79 Å². The summed E-state index contributed by atoms with van der Waals surface area (Å²) in [5.74, 6) is 0.0997. The molecular formula is C13H18N2O. The number of anilines is 1. The normalized spacial score (nSPS) is 15.8. The zero-order chi connectivity index (χ0) is 11.7. The zero-order valence-electron chi connectivity index (χ0n) is 9.84. The molecule has 0 saturated carbocycles. The minimum Gasteiger partial charge on any atom is -0.328 e. The Balaban J connectivity index is 2.38. The third-order valence-corrected chi connectivity index (χ3v) is 2.92. The molecule has 1 aliphatic rings. The summed E-state index contributed by atoms with van der Waals surface area (Å²) >= 11 is 0. The van der Waals surface area contributed by atoms with Crippen LogP contribution >= 0.6 is 0 Å². The Morgan fingerprint density at radius 3 is 2.88 bits per heavy atom. The van der Waals surface area contributed by atoms with E-state index >= 15 is 0 Å². The number of hydrogen-bond donors (Lipinski definition) is 2. The van der Waals surface area contributed by atoms with E-state index in [0.29, 0.717) is 6.42 Å². The summed E-state index contributed by atoms with van der Waals surface area (Å²) < 4.78 is 0. The number of benzene rings is 1. The maximum Gasteiger partial charge on any atom is 0.228 e. The van der Waals surface area contributed by atoms with E-state index in [-0.39, 0.29) is 11.9 Å². The van der Waals surface area contributed by atoms with Crippen molar-refractivity contribution in [2.24, 2.45) is 5.73 Å². The van der Waals surface area contributed by atoms with E-state index in [0.717, 1.165) is 24.1 Å². The molecule has 3 heteroatoms. The van der Waals surface area contributed by atoms with E-state index in [2.05, 4.69) is 24.4 Å². The lowest BCUT2D eigenvalue weighted by Crippen LogP contribution is -2.18. The van der Waals surface area contributed by atoms with Gasteiger partial charge in [-0.1, -0.05) is 19.1 Å². The first-order chi connectivity index (χ1) is 7.60. The van der Waals surface area contributed by atoms with Crippen LogP contribution < -0.4 is 11.1 Å². The molecule has 0 bridgehead atoms. The van der Waals surface area contributed by atoms with Gasteiger partial charge in [0.1, 0.15) is 0 Å². The van der Waals surface area contributed by atoms with Crippen molar-refractivity contribution in [2.75, 3.05) is 5.32 Å². The Hall–Kier alpha value is -1.35. The lowest BCUT2D eigenvalue weighted by atomic mass is 9.98. The number of rotatable bonds is 3. The Kier molecular flexibility index (Phi) is 2.97. The van der Waals surface area contributed by atoms with Gasteiger partial charge in [0.05, 0.1) is 6.42 Å². The molecule has 1 amide bonds. The summed E-state index contributed by atoms with van der Waals surface area (Å²) in [6.07, 6.45) is 2.32. The highest BCUT2D eigenvalue weighted by atomic mass is 16.1. The number of aryl methyl sites for hydroxylation is 1. The van der Waals surface area contributed by atoms with Crippen molar-refractivity contribution in [1.82, 2.24) is 0 Å². The van der Waals surface area contributed by atoms with Gasteiger partial charge in [0.2, 0.25) is 5.91 Å². The van der Waals surface area contributed by atoms with Crippen LogP contribution in [0.15, 0.2) is 12.1 Å². The van der Waals surface area contributed by atoms with Gasteiger partial charge in [0.25, 0.3) is 0 Å². The van der Waals surface area contributed by atoms with Crippen LogP contribution in [-0.4, -0.2) is 11.9 Å². The molecule has 0 aliphatic carbocycles. The first-order valence-corrected chi connectivity index (χ1v) is 5.80. The summed E-state index contributed by atoms with van der Waals surface area (Å²) in [5.41, 5.74) is 10.4. The van der Waals surface area contributed by atoms with Gasteiger partial charge in [-0.25, -0.2) is 0 Å². The molecule has 0 fully saturated rings. The Labute approximate surface area is 96.0 Å². The minimum absolute atomic E-state index is 0.0997. The number of carbonyl (C=O) groups excluding carboxylic acids is 1. The highest BCUT2D eigenvalue weighted by Gasteiger charge is 2.20. The summed E-state index contributed by atoms with van der Waals surface area (Å²) in [4.78, 5) is 11.4. The van der Waals surface area contributed by atoms with Crippen LogP contribution in [-0.2, 0) is 24.1 Å². The number of nitrogens with one attached hydrogen (secondary N) is 1. The number of amides is 1. The van der Waals surface area contributed by atoms with Gasteiger partial charge >= 0.3 is 0 Å². The molecule has 1 aromatic carbocycles. The quantitative estimate of drug-likeness (QED) is 0.810. The topological polar surface area (TPSA) is 55.1 Å².